The van der Waals surface area contributed by atoms with Crippen molar-refractivity contribution >= 4 is 23.3 Å². The van der Waals surface area contributed by atoms with Crippen LogP contribution in [0.1, 0.15) is 46.7 Å². The number of amides is 2. The molecule has 37 heavy (non-hydrogen) atoms. The van der Waals surface area contributed by atoms with E-state index in [1.807, 2.05) is 37.4 Å². The molecule has 0 bridgehead atoms. The molecule has 4 aromatic rings. The molecule has 6 rings (SSSR count). The highest BCUT2D eigenvalue weighted by Gasteiger charge is 2.42. The van der Waals surface area contributed by atoms with E-state index in [0.29, 0.717) is 17.7 Å². The fourth-order valence-electron chi connectivity index (χ4n) is 4.26. The molecule has 0 aliphatic carbocycles. The molecule has 1 fully saturated rings. The standard InChI is InChI=1S/C19H17N5O2.C6H5F.C2H6.C2H2/c1-12-10-20-16-6-7-17(21-24(12)16)22-9-8-13(11-22)23-18(25)14-4-2-3-5-15(14)19(23)26;7-6-4-2-1-3-5-6;2*1-2/h2-7,10,13H,8-9,11H2,1H3;1-5H;1-2H3;1-2H/t13-;;;/m0.../s1. The molecule has 190 valence electrons. The molecule has 2 aromatic carbocycles. The number of fused-ring (bicyclic) bond motifs is 2. The van der Waals surface area contributed by atoms with Crippen LogP contribution in [-0.2, 0) is 0 Å². The number of aryl methyl sites for hydroxylation is 1. The zero-order valence-corrected chi connectivity index (χ0v) is 21.2. The van der Waals surface area contributed by atoms with Gasteiger partial charge in [0.2, 0.25) is 0 Å². The quantitative estimate of drug-likeness (QED) is 0.286. The van der Waals surface area contributed by atoms with Crippen LogP contribution in [0.4, 0.5) is 10.2 Å². The predicted molar refractivity (Wildman–Crippen MR) is 143 cm³/mol. The number of carbonyl (C=O) groups is 2. The molecule has 0 unspecified atom stereocenters. The fraction of sp³-hybridized carbons (Fsp3) is 0.241. The molecule has 0 spiro atoms. The minimum absolute atomic E-state index is 0.135. The molecule has 2 aliphatic heterocycles. The first-order valence-corrected chi connectivity index (χ1v) is 12.1. The molecule has 2 aromatic heterocycles. The van der Waals surface area contributed by atoms with Crippen LogP contribution >= 0.6 is 0 Å². The highest BCUT2D eigenvalue weighted by Crippen LogP contribution is 2.29. The van der Waals surface area contributed by atoms with Crippen LogP contribution in [-0.4, -0.2) is 50.4 Å². The van der Waals surface area contributed by atoms with Crippen LogP contribution < -0.4 is 4.90 Å². The number of hydrogen-bond acceptors (Lipinski definition) is 5. The number of carbonyl (C=O) groups excluding carboxylic acids is 2. The van der Waals surface area contributed by atoms with Crippen molar-refractivity contribution in [3.05, 3.63) is 95.6 Å². The summed E-state index contributed by atoms with van der Waals surface area (Å²) in [7, 11) is 0. The van der Waals surface area contributed by atoms with Crippen LogP contribution in [0.2, 0.25) is 0 Å². The number of aromatic nitrogens is 3. The Bertz CT molecular complexity index is 1350. The van der Waals surface area contributed by atoms with Crippen molar-refractivity contribution in [3.8, 4) is 12.8 Å². The summed E-state index contributed by atoms with van der Waals surface area (Å²) in [6, 6.07) is 18.7. The van der Waals surface area contributed by atoms with Gasteiger partial charge in [0.05, 0.1) is 29.1 Å². The first-order valence-electron chi connectivity index (χ1n) is 12.1. The number of terminal acetylenes is 1. The Morgan fingerprint density at radius 1 is 0.892 bits per heavy atom. The molecule has 0 N–H and O–H groups in total. The van der Waals surface area contributed by atoms with Gasteiger partial charge < -0.3 is 4.90 Å². The zero-order chi connectivity index (χ0) is 26.9. The van der Waals surface area contributed by atoms with Crippen LogP contribution in [0.25, 0.3) is 5.65 Å². The predicted octanol–water partition coefficient (Wildman–Crippen LogP) is 5.01. The van der Waals surface area contributed by atoms with Crippen LogP contribution in [0.5, 0.6) is 0 Å². The number of hydrogen-bond donors (Lipinski definition) is 0. The van der Waals surface area contributed by atoms with Gasteiger partial charge in [-0.05, 0) is 49.7 Å². The molecule has 2 amide bonds. The first-order chi connectivity index (χ1) is 18.0. The van der Waals surface area contributed by atoms with Gasteiger partial charge in [-0.25, -0.2) is 13.9 Å². The molecule has 7 nitrogen and oxygen atoms in total. The summed E-state index contributed by atoms with van der Waals surface area (Å²) < 4.78 is 13.7. The summed E-state index contributed by atoms with van der Waals surface area (Å²) >= 11 is 0. The van der Waals surface area contributed by atoms with Gasteiger partial charge in [-0.3, -0.25) is 14.5 Å². The topological polar surface area (TPSA) is 70.8 Å². The Kier molecular flexibility index (Phi) is 9.11. The highest BCUT2D eigenvalue weighted by molar-refractivity contribution is 6.21. The van der Waals surface area contributed by atoms with Crippen molar-refractivity contribution in [1.82, 2.24) is 19.5 Å². The fourth-order valence-corrected chi connectivity index (χ4v) is 4.26. The van der Waals surface area contributed by atoms with Crippen molar-refractivity contribution < 1.29 is 14.0 Å². The van der Waals surface area contributed by atoms with Crippen molar-refractivity contribution in [2.75, 3.05) is 18.0 Å². The number of rotatable bonds is 2. The minimum Gasteiger partial charge on any atom is -0.353 e. The minimum atomic E-state index is -0.189. The van der Waals surface area contributed by atoms with Crippen LogP contribution in [0.3, 0.4) is 0 Å². The second-order valence-corrected chi connectivity index (χ2v) is 8.07. The zero-order valence-electron chi connectivity index (χ0n) is 21.2. The summed E-state index contributed by atoms with van der Waals surface area (Å²) in [4.78, 5) is 33.2. The number of imidazole rings is 1. The Balaban J connectivity index is 0.000000294. The summed E-state index contributed by atoms with van der Waals surface area (Å²) in [5.74, 6) is 0.276. The van der Waals surface area contributed by atoms with Gasteiger partial charge >= 0.3 is 0 Å². The van der Waals surface area contributed by atoms with E-state index >= 15 is 0 Å². The summed E-state index contributed by atoms with van der Waals surface area (Å²) in [6.45, 7) is 7.31. The lowest BCUT2D eigenvalue weighted by molar-refractivity contribution is 0.0598. The number of anilines is 1. The van der Waals surface area contributed by atoms with Crippen molar-refractivity contribution in [2.24, 2.45) is 0 Å². The normalized spacial score (nSPS) is 15.7. The Morgan fingerprint density at radius 3 is 2.05 bits per heavy atom. The van der Waals surface area contributed by atoms with E-state index in [1.54, 1.807) is 48.7 Å². The number of halogens is 1. The summed E-state index contributed by atoms with van der Waals surface area (Å²) in [6.07, 6.45) is 10.5. The van der Waals surface area contributed by atoms with Gasteiger partial charge in [0.1, 0.15) is 11.6 Å². The Morgan fingerprint density at radius 2 is 1.49 bits per heavy atom. The van der Waals surface area contributed by atoms with Gasteiger partial charge in [-0.15, -0.1) is 17.9 Å². The van der Waals surface area contributed by atoms with E-state index < -0.39 is 0 Å². The third-order valence-corrected chi connectivity index (χ3v) is 5.93. The molecule has 0 saturated carbocycles. The number of imide groups is 1. The number of nitrogens with zero attached hydrogens (tertiary/aromatic N) is 5. The van der Waals surface area contributed by atoms with Crippen molar-refractivity contribution in [2.45, 2.75) is 33.2 Å². The maximum Gasteiger partial charge on any atom is 0.261 e. The van der Waals surface area contributed by atoms with Crippen LogP contribution in [0, 0.1) is 25.6 Å². The van der Waals surface area contributed by atoms with E-state index in [-0.39, 0.29) is 23.7 Å². The molecule has 0 radical (unpaired) electrons. The van der Waals surface area contributed by atoms with Gasteiger partial charge in [-0.1, -0.05) is 44.2 Å². The second-order valence-electron chi connectivity index (χ2n) is 8.07. The SMILES string of the molecule is C#C.CC.Cc1cnc2ccc(N3CC[C@H](N4C(=O)c5ccccc5C4=O)C3)nn12.Fc1ccccc1. The molecular formula is C29H30FN5O2. The van der Waals surface area contributed by atoms with Crippen LogP contribution in [0.15, 0.2) is 72.9 Å². The van der Waals surface area contributed by atoms with Gasteiger partial charge in [0.25, 0.3) is 11.8 Å². The average molecular weight is 500 g/mol. The first kappa shape index (κ1) is 27.1. The van der Waals surface area contributed by atoms with Crippen molar-refractivity contribution in [1.29, 1.82) is 0 Å². The van der Waals surface area contributed by atoms with Gasteiger partial charge in [-0.2, -0.15) is 0 Å². The van der Waals surface area contributed by atoms with E-state index in [4.69, 9.17) is 0 Å². The third-order valence-electron chi connectivity index (χ3n) is 5.93. The number of benzene rings is 2. The smallest absolute Gasteiger partial charge is 0.261 e. The molecule has 4 heterocycles. The second kappa shape index (κ2) is 12.5. The lowest BCUT2D eigenvalue weighted by Crippen LogP contribution is -2.41. The van der Waals surface area contributed by atoms with Crippen molar-refractivity contribution in [3.63, 3.8) is 0 Å². The van der Waals surface area contributed by atoms with E-state index in [1.165, 1.54) is 17.0 Å². The van der Waals surface area contributed by atoms with E-state index in [2.05, 4.69) is 27.8 Å². The maximum absolute atomic E-state index is 12.7. The molecule has 2 aliphatic rings. The Hall–Kier alpha value is -4.51. The molecular weight excluding hydrogens is 469 g/mol. The largest absolute Gasteiger partial charge is 0.353 e. The molecule has 8 heteroatoms. The third kappa shape index (κ3) is 5.67. The van der Waals surface area contributed by atoms with E-state index in [0.717, 1.165) is 30.1 Å². The lowest BCUT2D eigenvalue weighted by Gasteiger charge is -2.23. The highest BCUT2D eigenvalue weighted by atomic mass is 19.1. The Labute approximate surface area is 216 Å². The molecule has 1 atom stereocenters. The maximum atomic E-state index is 12.7. The summed E-state index contributed by atoms with van der Waals surface area (Å²) in [5, 5.41) is 4.65. The summed E-state index contributed by atoms with van der Waals surface area (Å²) in [5.41, 5.74) is 2.79. The van der Waals surface area contributed by atoms with Gasteiger partial charge in [0, 0.05) is 13.1 Å². The van der Waals surface area contributed by atoms with E-state index in [9.17, 15) is 14.0 Å². The lowest BCUT2D eigenvalue weighted by atomic mass is 10.1. The monoisotopic (exact) mass is 499 g/mol. The van der Waals surface area contributed by atoms with Gasteiger partial charge in [0.15, 0.2) is 5.65 Å². The molecule has 1 saturated heterocycles. The average Bonchev–Trinajstić information content (AvgIpc) is 3.64.